The molecule has 3 aromatic rings. The minimum atomic E-state index is -0.339. The molecule has 0 spiro atoms. The number of pyridine rings is 1. The number of hydrogen-bond donors (Lipinski definition) is 1. The third kappa shape index (κ3) is 3.63. The summed E-state index contributed by atoms with van der Waals surface area (Å²) in [5, 5.41) is 8.13. The van der Waals surface area contributed by atoms with Gasteiger partial charge in [0.05, 0.1) is 30.5 Å². The van der Waals surface area contributed by atoms with Gasteiger partial charge in [-0.15, -0.1) is 0 Å². The molecule has 1 atom stereocenters. The van der Waals surface area contributed by atoms with Crippen LogP contribution in [0.4, 0.5) is 5.69 Å². The van der Waals surface area contributed by atoms with Crippen LogP contribution in [0.3, 0.4) is 0 Å². The molecular weight excluding hydrogens is 366 g/mol. The van der Waals surface area contributed by atoms with Gasteiger partial charge in [-0.05, 0) is 37.1 Å². The number of amides is 2. The van der Waals surface area contributed by atoms with Crippen molar-refractivity contribution in [1.82, 2.24) is 19.7 Å². The number of rotatable bonds is 4. The maximum absolute atomic E-state index is 12.8. The molecule has 4 rings (SSSR count). The van der Waals surface area contributed by atoms with Crippen molar-refractivity contribution in [2.75, 3.05) is 5.32 Å². The highest BCUT2D eigenvalue weighted by Crippen LogP contribution is 2.33. The van der Waals surface area contributed by atoms with Gasteiger partial charge in [0, 0.05) is 24.6 Å². The number of nitrogens with zero attached hydrogens (tertiary/aromatic N) is 4. The Morgan fingerprint density at radius 2 is 2.00 bits per heavy atom. The van der Waals surface area contributed by atoms with Crippen LogP contribution in [0, 0.1) is 0 Å². The minimum absolute atomic E-state index is 0.0993. The fraction of sp³-hybridized carbons (Fsp3) is 0.273. The summed E-state index contributed by atoms with van der Waals surface area (Å²) in [6, 6.07) is 9.54. The van der Waals surface area contributed by atoms with E-state index in [1.165, 1.54) is 6.92 Å². The van der Waals surface area contributed by atoms with Gasteiger partial charge >= 0.3 is 0 Å². The minimum Gasteiger partial charge on any atom is -0.325 e. The third-order valence-corrected chi connectivity index (χ3v) is 5.05. The lowest BCUT2D eigenvalue weighted by Crippen LogP contribution is -2.33. The summed E-state index contributed by atoms with van der Waals surface area (Å²) in [5.41, 5.74) is 3.38. The fourth-order valence-corrected chi connectivity index (χ4v) is 3.69. The fourth-order valence-electron chi connectivity index (χ4n) is 3.69. The molecule has 1 aromatic carbocycles. The van der Waals surface area contributed by atoms with Crippen molar-refractivity contribution >= 4 is 34.6 Å². The van der Waals surface area contributed by atoms with Crippen molar-refractivity contribution in [2.24, 2.45) is 0 Å². The molecular formula is C22H23N5O2. The maximum Gasteiger partial charge on any atom is 0.226 e. The van der Waals surface area contributed by atoms with E-state index < -0.39 is 0 Å². The Kier molecular flexibility index (Phi) is 4.88. The van der Waals surface area contributed by atoms with Crippen molar-refractivity contribution in [3.05, 3.63) is 60.1 Å². The van der Waals surface area contributed by atoms with E-state index in [-0.39, 0.29) is 30.3 Å². The zero-order valence-electron chi connectivity index (χ0n) is 16.7. The molecule has 148 valence electrons. The molecule has 0 bridgehead atoms. The second kappa shape index (κ2) is 7.50. The zero-order chi connectivity index (χ0) is 20.5. The summed E-state index contributed by atoms with van der Waals surface area (Å²) in [6.07, 6.45) is 7.19. The van der Waals surface area contributed by atoms with Crippen molar-refractivity contribution in [3.63, 3.8) is 0 Å². The molecule has 3 heterocycles. The average molecular weight is 389 g/mol. The Morgan fingerprint density at radius 3 is 2.76 bits per heavy atom. The van der Waals surface area contributed by atoms with Crippen molar-refractivity contribution in [3.8, 4) is 0 Å². The number of fused-ring (bicyclic) bond motifs is 2. The molecule has 2 aromatic heterocycles. The number of aromatic nitrogens is 3. The van der Waals surface area contributed by atoms with Crippen LogP contribution in [0.1, 0.15) is 50.4 Å². The van der Waals surface area contributed by atoms with E-state index in [9.17, 15) is 9.59 Å². The number of anilines is 1. The van der Waals surface area contributed by atoms with Crippen molar-refractivity contribution in [1.29, 1.82) is 0 Å². The number of carbonyl (C=O) groups excluding carboxylic acids is 2. The maximum atomic E-state index is 12.8. The number of hydrogen-bond acceptors (Lipinski definition) is 4. The van der Waals surface area contributed by atoms with Crippen LogP contribution in [0.2, 0.25) is 0 Å². The highest BCUT2D eigenvalue weighted by atomic mass is 16.2. The molecule has 7 heteroatoms. The van der Waals surface area contributed by atoms with Gasteiger partial charge in [-0.1, -0.05) is 24.3 Å². The van der Waals surface area contributed by atoms with E-state index in [0.29, 0.717) is 5.69 Å². The lowest BCUT2D eigenvalue weighted by atomic mass is 9.93. The first-order valence-electron chi connectivity index (χ1n) is 9.63. The van der Waals surface area contributed by atoms with Crippen molar-refractivity contribution < 1.29 is 9.59 Å². The molecule has 0 fully saturated rings. The Hall–Kier alpha value is -3.48. The van der Waals surface area contributed by atoms with Gasteiger partial charge in [0.15, 0.2) is 5.65 Å². The molecule has 0 radical (unpaired) electrons. The predicted molar refractivity (Wildman–Crippen MR) is 112 cm³/mol. The van der Waals surface area contributed by atoms with Crippen LogP contribution >= 0.6 is 0 Å². The van der Waals surface area contributed by atoms with Gasteiger partial charge in [-0.2, -0.15) is 5.10 Å². The molecule has 7 nitrogen and oxygen atoms in total. The third-order valence-electron chi connectivity index (χ3n) is 5.05. The van der Waals surface area contributed by atoms with Crippen LogP contribution in [-0.4, -0.2) is 31.5 Å². The molecule has 29 heavy (non-hydrogen) atoms. The van der Waals surface area contributed by atoms with Gasteiger partial charge in [0.25, 0.3) is 0 Å². The number of nitrogens with one attached hydrogen (secondary N) is 1. The Balaban J connectivity index is 1.55. The van der Waals surface area contributed by atoms with Crippen LogP contribution in [0.5, 0.6) is 0 Å². The molecule has 1 N–H and O–H groups in total. The second-order valence-electron chi connectivity index (χ2n) is 7.46. The highest BCUT2D eigenvalue weighted by molar-refractivity contribution is 5.93. The quantitative estimate of drug-likeness (QED) is 0.733. The number of benzene rings is 1. The summed E-state index contributed by atoms with van der Waals surface area (Å²) in [7, 11) is 0. The Bertz CT molecular complexity index is 1120. The molecule has 0 unspecified atom stereocenters. The first-order chi connectivity index (χ1) is 13.9. The van der Waals surface area contributed by atoms with Crippen molar-refractivity contribution in [2.45, 2.75) is 39.3 Å². The Morgan fingerprint density at radius 1 is 1.21 bits per heavy atom. The zero-order valence-corrected chi connectivity index (χ0v) is 16.7. The first kappa shape index (κ1) is 18.9. The Labute approximate surface area is 169 Å². The van der Waals surface area contributed by atoms with Gasteiger partial charge in [0.2, 0.25) is 11.8 Å². The molecule has 1 aliphatic rings. The summed E-state index contributed by atoms with van der Waals surface area (Å²) >= 11 is 0. The van der Waals surface area contributed by atoms with E-state index in [1.54, 1.807) is 23.5 Å². The normalized spacial score (nSPS) is 15.6. The SMILES string of the molecule is CC(=O)N1C=Cc2ccccc2[C@H]1CC(=O)Nc1cnc2c(cnn2C(C)C)c1. The van der Waals surface area contributed by atoms with E-state index in [0.717, 1.165) is 22.2 Å². The lowest BCUT2D eigenvalue weighted by Gasteiger charge is -2.32. The summed E-state index contributed by atoms with van der Waals surface area (Å²) in [6.45, 7) is 5.59. The molecule has 0 saturated carbocycles. The predicted octanol–water partition coefficient (Wildman–Crippen LogP) is 3.91. The lowest BCUT2D eigenvalue weighted by molar-refractivity contribution is -0.129. The van der Waals surface area contributed by atoms with Crippen LogP contribution in [0.15, 0.2) is 48.9 Å². The van der Waals surface area contributed by atoms with Crippen LogP contribution in [-0.2, 0) is 9.59 Å². The van der Waals surface area contributed by atoms with E-state index >= 15 is 0 Å². The largest absolute Gasteiger partial charge is 0.325 e. The highest BCUT2D eigenvalue weighted by Gasteiger charge is 2.28. The van der Waals surface area contributed by atoms with Gasteiger partial charge in [0.1, 0.15) is 0 Å². The first-order valence-corrected chi connectivity index (χ1v) is 9.63. The summed E-state index contributed by atoms with van der Waals surface area (Å²) < 4.78 is 1.84. The molecule has 0 aliphatic carbocycles. The summed E-state index contributed by atoms with van der Waals surface area (Å²) in [4.78, 5) is 30.9. The smallest absolute Gasteiger partial charge is 0.226 e. The van der Waals surface area contributed by atoms with E-state index in [4.69, 9.17) is 0 Å². The average Bonchev–Trinajstić information content (AvgIpc) is 3.11. The summed E-state index contributed by atoms with van der Waals surface area (Å²) in [5.74, 6) is -0.276. The van der Waals surface area contributed by atoms with E-state index in [1.807, 2.05) is 54.9 Å². The standard InChI is InChI=1S/C22H23N5O2/c1-14(2)27-22-17(12-24-27)10-18(13-23-22)25-21(29)11-20-19-7-5-4-6-16(19)8-9-26(20)15(3)28/h4-10,12-14,20H,11H2,1-3H3,(H,25,29)/t20-/m1/s1. The van der Waals surface area contributed by atoms with Gasteiger partial charge < -0.3 is 10.2 Å². The van der Waals surface area contributed by atoms with Crippen LogP contribution in [0.25, 0.3) is 17.1 Å². The topological polar surface area (TPSA) is 80.1 Å². The molecule has 1 aliphatic heterocycles. The monoisotopic (exact) mass is 389 g/mol. The van der Waals surface area contributed by atoms with Gasteiger partial charge in [-0.25, -0.2) is 9.67 Å². The molecule has 0 saturated heterocycles. The molecule has 2 amide bonds. The number of carbonyl (C=O) groups is 2. The van der Waals surface area contributed by atoms with E-state index in [2.05, 4.69) is 15.4 Å². The second-order valence-corrected chi connectivity index (χ2v) is 7.46. The van der Waals surface area contributed by atoms with Gasteiger partial charge in [-0.3, -0.25) is 9.59 Å². The van der Waals surface area contributed by atoms with Crippen LogP contribution < -0.4 is 5.32 Å².